The van der Waals surface area contributed by atoms with E-state index in [4.69, 9.17) is 10.7 Å². The van der Waals surface area contributed by atoms with Gasteiger partial charge in [0.2, 0.25) is 5.91 Å². The van der Waals surface area contributed by atoms with Gasteiger partial charge in [-0.05, 0) is 67.4 Å². The van der Waals surface area contributed by atoms with Crippen molar-refractivity contribution in [2.45, 2.75) is 32.5 Å². The van der Waals surface area contributed by atoms with E-state index in [-0.39, 0.29) is 17.5 Å². The van der Waals surface area contributed by atoms with E-state index in [0.717, 1.165) is 16.7 Å². The minimum atomic E-state index is -0.650. The molecule has 0 bridgehead atoms. The number of nitrogens with one attached hydrogen (secondary N) is 1. The summed E-state index contributed by atoms with van der Waals surface area (Å²) in [5.74, 6) is 0.613. The van der Waals surface area contributed by atoms with Gasteiger partial charge >= 0.3 is 0 Å². The van der Waals surface area contributed by atoms with E-state index in [1.165, 1.54) is 24.3 Å². The van der Waals surface area contributed by atoms with Crippen LogP contribution in [0.15, 0.2) is 72.8 Å². The second-order valence-electron chi connectivity index (χ2n) is 9.07. The largest absolute Gasteiger partial charge is 0.340 e. The molecule has 3 N–H and O–H groups in total. The lowest BCUT2D eigenvalue weighted by Gasteiger charge is -2.30. The van der Waals surface area contributed by atoms with E-state index < -0.39 is 6.04 Å². The van der Waals surface area contributed by atoms with Crippen LogP contribution in [-0.4, -0.2) is 32.9 Å². The van der Waals surface area contributed by atoms with Crippen LogP contribution in [0.5, 0.6) is 0 Å². The number of nitrogens with zero attached hydrogens (tertiary/aromatic N) is 3. The van der Waals surface area contributed by atoms with Crippen LogP contribution in [0.4, 0.5) is 20.3 Å². The second-order valence-corrected chi connectivity index (χ2v) is 9.07. The zero-order valence-electron chi connectivity index (χ0n) is 19.9. The molecule has 0 aliphatic carbocycles. The van der Waals surface area contributed by atoms with Gasteiger partial charge in [0.05, 0.1) is 12.6 Å². The Kier molecular flexibility index (Phi) is 6.52. The second kappa shape index (κ2) is 9.91. The molecule has 36 heavy (non-hydrogen) atoms. The van der Waals surface area contributed by atoms with Gasteiger partial charge in [-0.1, -0.05) is 29.8 Å². The summed E-state index contributed by atoms with van der Waals surface area (Å²) in [6.45, 7) is 3.31. The lowest BCUT2D eigenvalue weighted by Crippen LogP contribution is -2.47. The average Bonchev–Trinajstić information content (AvgIpc) is 3.24. The number of hydrogen-bond donors (Lipinski definition) is 2. The Morgan fingerprint density at radius 2 is 1.61 bits per heavy atom. The van der Waals surface area contributed by atoms with Gasteiger partial charge < -0.3 is 20.5 Å². The van der Waals surface area contributed by atoms with Crippen LogP contribution >= 0.6 is 0 Å². The van der Waals surface area contributed by atoms with Crippen molar-refractivity contribution < 1.29 is 13.6 Å². The van der Waals surface area contributed by atoms with Gasteiger partial charge in [-0.2, -0.15) is 0 Å². The number of rotatable bonds is 6. The number of carbonyl (C=O) groups is 1. The van der Waals surface area contributed by atoms with Gasteiger partial charge in [-0.25, -0.2) is 13.8 Å². The molecule has 4 aromatic rings. The number of carbonyl (C=O) groups excluding carboxylic acids is 1. The maximum atomic E-state index is 13.6. The highest BCUT2D eigenvalue weighted by Crippen LogP contribution is 2.33. The normalized spacial score (nSPS) is 13.8. The van der Waals surface area contributed by atoms with Crippen molar-refractivity contribution in [3.8, 4) is 11.3 Å². The molecule has 1 aromatic heterocycles. The van der Waals surface area contributed by atoms with Crippen molar-refractivity contribution in [2.75, 3.05) is 11.9 Å². The summed E-state index contributed by atoms with van der Waals surface area (Å²) in [6, 6.07) is 19.5. The minimum Gasteiger partial charge on any atom is -0.340 e. The Bertz CT molecular complexity index is 1370. The third-order valence-electron chi connectivity index (χ3n) is 6.40. The van der Waals surface area contributed by atoms with Gasteiger partial charge in [-0.15, -0.1) is 0 Å². The van der Waals surface area contributed by atoms with Crippen LogP contribution in [0.2, 0.25) is 0 Å². The molecule has 0 unspecified atom stereocenters. The van der Waals surface area contributed by atoms with Crippen molar-refractivity contribution in [3.05, 3.63) is 101 Å². The van der Waals surface area contributed by atoms with E-state index in [1.54, 1.807) is 29.2 Å². The molecule has 0 fully saturated rings. The smallest absolute Gasteiger partial charge is 0.240 e. The van der Waals surface area contributed by atoms with Crippen LogP contribution in [0.25, 0.3) is 11.3 Å². The number of anilines is 2. The first-order valence-corrected chi connectivity index (χ1v) is 11.9. The summed E-state index contributed by atoms with van der Waals surface area (Å²) >= 11 is 0. The number of imidazole rings is 1. The fourth-order valence-corrected chi connectivity index (χ4v) is 4.42. The molecule has 0 radical (unpaired) electrons. The van der Waals surface area contributed by atoms with Crippen molar-refractivity contribution in [1.29, 1.82) is 0 Å². The molecule has 1 aliphatic heterocycles. The molecule has 8 heteroatoms. The highest BCUT2D eigenvalue weighted by molar-refractivity contribution is 5.82. The molecule has 2 heterocycles. The highest BCUT2D eigenvalue weighted by atomic mass is 19.1. The summed E-state index contributed by atoms with van der Waals surface area (Å²) in [7, 11) is 0. The maximum Gasteiger partial charge on any atom is 0.240 e. The summed E-state index contributed by atoms with van der Waals surface area (Å²) in [5, 5.41) is 3.34. The third kappa shape index (κ3) is 4.99. The molecule has 0 spiro atoms. The monoisotopic (exact) mass is 487 g/mol. The van der Waals surface area contributed by atoms with Crippen molar-refractivity contribution >= 4 is 17.4 Å². The van der Waals surface area contributed by atoms with Crippen LogP contribution in [-0.2, 0) is 24.3 Å². The lowest BCUT2D eigenvalue weighted by molar-refractivity contribution is -0.134. The molecule has 0 saturated heterocycles. The van der Waals surface area contributed by atoms with Crippen LogP contribution in [0.3, 0.4) is 0 Å². The summed E-state index contributed by atoms with van der Waals surface area (Å²) in [4.78, 5) is 19.7. The Morgan fingerprint density at radius 3 is 2.28 bits per heavy atom. The Balaban J connectivity index is 1.41. The van der Waals surface area contributed by atoms with E-state index in [1.807, 2.05) is 35.8 Å². The fraction of sp³-hybridized carbons (Fsp3) is 0.214. The maximum absolute atomic E-state index is 13.6. The molecule has 1 aliphatic rings. The standard InChI is InChI=1S/C28H27F2N5O/c1-18-2-4-19(5-3-18)16-24(31)28(36)34-14-15-35-25(17-34)33-26(20-6-8-21(29)9-7-20)27(35)32-23-12-10-22(30)11-13-23/h2-13,24,32H,14-17,31H2,1H3/t24-/m0/s1. The molecule has 3 aromatic carbocycles. The lowest BCUT2D eigenvalue weighted by atomic mass is 10.0. The number of aromatic nitrogens is 2. The van der Waals surface area contributed by atoms with E-state index in [0.29, 0.717) is 49.1 Å². The van der Waals surface area contributed by atoms with Gasteiger partial charge in [0.15, 0.2) is 0 Å². The number of hydrogen-bond acceptors (Lipinski definition) is 4. The van der Waals surface area contributed by atoms with Crippen LogP contribution < -0.4 is 11.1 Å². The van der Waals surface area contributed by atoms with E-state index in [9.17, 15) is 13.6 Å². The minimum absolute atomic E-state index is 0.124. The van der Waals surface area contributed by atoms with Crippen LogP contribution in [0, 0.1) is 18.6 Å². The Morgan fingerprint density at radius 1 is 0.972 bits per heavy atom. The highest BCUT2D eigenvalue weighted by Gasteiger charge is 2.29. The van der Waals surface area contributed by atoms with Gasteiger partial charge in [0.25, 0.3) is 0 Å². The zero-order chi connectivity index (χ0) is 25.2. The predicted molar refractivity (Wildman–Crippen MR) is 136 cm³/mol. The van der Waals surface area contributed by atoms with Crippen molar-refractivity contribution in [2.24, 2.45) is 5.73 Å². The summed E-state index contributed by atoms with van der Waals surface area (Å²) in [5.41, 5.74) is 10.5. The van der Waals surface area contributed by atoms with Crippen molar-refractivity contribution in [1.82, 2.24) is 14.5 Å². The first-order chi connectivity index (χ1) is 17.4. The van der Waals surface area contributed by atoms with E-state index >= 15 is 0 Å². The molecule has 6 nitrogen and oxygen atoms in total. The number of halogens is 2. The quantitative estimate of drug-likeness (QED) is 0.410. The average molecular weight is 488 g/mol. The fourth-order valence-electron chi connectivity index (χ4n) is 4.42. The topological polar surface area (TPSA) is 76.2 Å². The summed E-state index contributed by atoms with van der Waals surface area (Å²) < 4.78 is 29.0. The molecular weight excluding hydrogens is 460 g/mol. The molecular formula is C28H27F2N5O. The predicted octanol–water partition coefficient (Wildman–Crippen LogP) is 4.79. The van der Waals surface area contributed by atoms with Crippen LogP contribution in [0.1, 0.15) is 17.0 Å². The first-order valence-electron chi connectivity index (χ1n) is 11.9. The number of nitrogens with two attached hydrogens (primary N) is 1. The van der Waals surface area contributed by atoms with Gasteiger partial charge in [0, 0.05) is 24.3 Å². The Labute approximate surface area is 208 Å². The first kappa shape index (κ1) is 23.7. The molecule has 1 amide bonds. The SMILES string of the molecule is Cc1ccc(C[C@H](N)C(=O)N2CCn3c(nc(-c4ccc(F)cc4)c3Nc3ccc(F)cc3)C2)cc1. The molecule has 5 rings (SSSR count). The van der Waals surface area contributed by atoms with E-state index in [2.05, 4.69) is 5.32 Å². The number of fused-ring (bicyclic) bond motifs is 1. The van der Waals surface area contributed by atoms with Gasteiger partial charge in [-0.3, -0.25) is 4.79 Å². The Hall–Kier alpha value is -4.04. The zero-order valence-corrected chi connectivity index (χ0v) is 19.9. The molecule has 184 valence electrons. The molecule has 0 saturated carbocycles. The van der Waals surface area contributed by atoms with Crippen molar-refractivity contribution in [3.63, 3.8) is 0 Å². The third-order valence-corrected chi connectivity index (χ3v) is 6.40. The number of amides is 1. The summed E-state index contributed by atoms with van der Waals surface area (Å²) in [6.07, 6.45) is 0.461. The van der Waals surface area contributed by atoms with Gasteiger partial charge in [0.1, 0.15) is 29.0 Å². The molecule has 1 atom stereocenters. The number of aryl methyl sites for hydroxylation is 1. The number of benzene rings is 3.